The number of aliphatic hydroxyl groups is 1. The third-order valence-electron chi connectivity index (χ3n) is 5.05. The van der Waals surface area contributed by atoms with Crippen LogP contribution in [0.25, 0.3) is 0 Å². The van der Waals surface area contributed by atoms with Gasteiger partial charge in [0.2, 0.25) is 0 Å². The largest absolute Gasteiger partial charge is 0.477 e. The number of quaternary nitrogens is 1. The van der Waals surface area contributed by atoms with Crippen LogP contribution in [0.15, 0.2) is 4.99 Å². The molecule has 0 aromatic carbocycles. The fraction of sp³-hybridized carbons (Fsp3) is 0.895. The SMILES string of the molecule is CCCCCCCCCCCCCC(O)[N+]1(CC(=O)O)C=NCC1. The van der Waals surface area contributed by atoms with E-state index in [1.165, 1.54) is 57.8 Å². The first kappa shape index (κ1) is 21.1. The molecule has 2 N–H and O–H groups in total. The zero-order valence-electron chi connectivity index (χ0n) is 15.5. The molecule has 0 aromatic rings. The van der Waals surface area contributed by atoms with E-state index in [-0.39, 0.29) is 11.0 Å². The summed E-state index contributed by atoms with van der Waals surface area (Å²) in [5.74, 6) is -0.874. The molecule has 24 heavy (non-hydrogen) atoms. The van der Waals surface area contributed by atoms with Crippen molar-refractivity contribution in [1.82, 2.24) is 0 Å². The van der Waals surface area contributed by atoms with Gasteiger partial charge in [-0.05, 0) is 6.42 Å². The first-order valence-electron chi connectivity index (χ1n) is 9.88. The average molecular weight is 342 g/mol. The van der Waals surface area contributed by atoms with Crippen molar-refractivity contribution in [1.29, 1.82) is 0 Å². The number of aliphatic imine (C=N–C) groups is 1. The van der Waals surface area contributed by atoms with Gasteiger partial charge in [-0.2, -0.15) is 0 Å². The summed E-state index contributed by atoms with van der Waals surface area (Å²) in [6.07, 6.45) is 15.7. The van der Waals surface area contributed by atoms with Crippen LogP contribution >= 0.6 is 0 Å². The van der Waals surface area contributed by atoms with E-state index in [9.17, 15) is 9.90 Å². The summed E-state index contributed by atoms with van der Waals surface area (Å²) in [5.41, 5.74) is 0. The highest BCUT2D eigenvalue weighted by Crippen LogP contribution is 2.19. The molecule has 0 spiro atoms. The summed E-state index contributed by atoms with van der Waals surface area (Å²) in [6.45, 7) is 3.40. The number of nitrogens with zero attached hydrogens (tertiary/aromatic N) is 2. The fourth-order valence-corrected chi connectivity index (χ4v) is 3.47. The van der Waals surface area contributed by atoms with Crippen LogP contribution < -0.4 is 0 Å². The molecule has 0 fully saturated rings. The number of carboxylic acid groups (broad SMARTS) is 1. The molecule has 1 rings (SSSR count). The van der Waals surface area contributed by atoms with Gasteiger partial charge in [-0.25, -0.2) is 14.3 Å². The molecule has 0 radical (unpaired) electrons. The Balaban J connectivity index is 2.04. The van der Waals surface area contributed by atoms with Crippen molar-refractivity contribution in [3.8, 4) is 0 Å². The van der Waals surface area contributed by atoms with E-state index in [2.05, 4.69) is 11.9 Å². The molecule has 0 amide bonds. The van der Waals surface area contributed by atoms with Crippen LogP contribution in [0.4, 0.5) is 0 Å². The number of unbranched alkanes of at least 4 members (excludes halogenated alkanes) is 10. The van der Waals surface area contributed by atoms with Gasteiger partial charge in [-0.1, -0.05) is 71.1 Å². The van der Waals surface area contributed by atoms with Crippen molar-refractivity contribution >= 4 is 12.3 Å². The fourth-order valence-electron chi connectivity index (χ4n) is 3.47. The molecule has 0 saturated carbocycles. The number of hydrogen-bond acceptors (Lipinski definition) is 3. The lowest BCUT2D eigenvalue weighted by molar-refractivity contribution is -0.873. The van der Waals surface area contributed by atoms with Gasteiger partial charge in [-0.3, -0.25) is 0 Å². The summed E-state index contributed by atoms with van der Waals surface area (Å²) >= 11 is 0. The van der Waals surface area contributed by atoms with Gasteiger partial charge < -0.3 is 10.2 Å². The Morgan fingerprint density at radius 3 is 2.04 bits per heavy atom. The maximum atomic E-state index is 11.0. The Labute approximate surface area is 147 Å². The maximum absolute atomic E-state index is 11.0. The molecule has 0 bridgehead atoms. The summed E-state index contributed by atoms with van der Waals surface area (Å²) in [4.78, 5) is 15.2. The monoisotopic (exact) mass is 341 g/mol. The second-order valence-electron chi connectivity index (χ2n) is 7.20. The predicted octanol–water partition coefficient (Wildman–Crippen LogP) is 3.95. The van der Waals surface area contributed by atoms with Gasteiger partial charge in [0.05, 0.1) is 6.54 Å². The summed E-state index contributed by atoms with van der Waals surface area (Å²) < 4.78 is 0.104. The van der Waals surface area contributed by atoms with Crippen LogP contribution in [0.3, 0.4) is 0 Å². The van der Waals surface area contributed by atoms with E-state index in [4.69, 9.17) is 5.11 Å². The highest BCUT2D eigenvalue weighted by Gasteiger charge is 2.39. The van der Waals surface area contributed by atoms with Gasteiger partial charge in [0.15, 0.2) is 19.1 Å². The zero-order chi connectivity index (χ0) is 17.7. The molecule has 2 atom stereocenters. The summed E-state index contributed by atoms with van der Waals surface area (Å²) in [6, 6.07) is 0. The van der Waals surface area contributed by atoms with Crippen molar-refractivity contribution < 1.29 is 19.5 Å². The topological polar surface area (TPSA) is 69.9 Å². The van der Waals surface area contributed by atoms with Gasteiger partial charge in [0.1, 0.15) is 6.54 Å². The highest BCUT2D eigenvalue weighted by molar-refractivity contribution is 5.70. The minimum Gasteiger partial charge on any atom is -0.477 e. The Kier molecular flexibility index (Phi) is 10.9. The highest BCUT2D eigenvalue weighted by atomic mass is 16.4. The Morgan fingerprint density at radius 1 is 1.04 bits per heavy atom. The minimum atomic E-state index is -0.874. The first-order chi connectivity index (χ1) is 11.6. The number of aliphatic carboxylic acids is 1. The van der Waals surface area contributed by atoms with E-state index in [1.54, 1.807) is 6.34 Å². The Bertz CT molecular complexity index is 374. The molecule has 0 aromatic heterocycles. The number of hydrogen-bond donors (Lipinski definition) is 2. The molecule has 1 aliphatic heterocycles. The lowest BCUT2D eigenvalue weighted by atomic mass is 10.0. The van der Waals surface area contributed by atoms with Crippen molar-refractivity contribution in [2.45, 2.75) is 90.2 Å². The molecule has 5 nitrogen and oxygen atoms in total. The molecule has 0 aliphatic carbocycles. The van der Waals surface area contributed by atoms with Crippen LogP contribution in [0.5, 0.6) is 0 Å². The average Bonchev–Trinajstić information content (AvgIpc) is 3.01. The molecule has 2 unspecified atom stereocenters. The normalized spacial score (nSPS) is 21.2. The Hall–Kier alpha value is -0.940. The summed E-state index contributed by atoms with van der Waals surface area (Å²) in [5, 5.41) is 19.5. The van der Waals surface area contributed by atoms with Crippen LogP contribution in [-0.2, 0) is 4.79 Å². The first-order valence-corrected chi connectivity index (χ1v) is 9.88. The maximum Gasteiger partial charge on any atom is 0.359 e. The van der Waals surface area contributed by atoms with Gasteiger partial charge >= 0.3 is 5.97 Å². The molecule has 5 heteroatoms. The number of rotatable bonds is 15. The quantitative estimate of drug-likeness (QED) is 0.350. The predicted molar refractivity (Wildman–Crippen MR) is 98.1 cm³/mol. The molecule has 140 valence electrons. The van der Waals surface area contributed by atoms with Crippen LogP contribution in [0.1, 0.15) is 84.0 Å². The molecule has 1 heterocycles. The summed E-state index contributed by atoms with van der Waals surface area (Å²) in [7, 11) is 0. The van der Waals surface area contributed by atoms with Crippen molar-refractivity contribution in [2.75, 3.05) is 19.6 Å². The van der Waals surface area contributed by atoms with Crippen molar-refractivity contribution in [3.63, 3.8) is 0 Å². The molecule has 1 aliphatic rings. The van der Waals surface area contributed by atoms with Gasteiger partial charge in [-0.15, -0.1) is 0 Å². The van der Waals surface area contributed by atoms with Crippen molar-refractivity contribution in [3.05, 3.63) is 0 Å². The van der Waals surface area contributed by atoms with Crippen LogP contribution in [-0.4, -0.2) is 52.9 Å². The third-order valence-corrected chi connectivity index (χ3v) is 5.05. The molecular formula is C19H37N2O3+. The van der Waals surface area contributed by atoms with E-state index in [1.807, 2.05) is 0 Å². The number of carbonyl (C=O) groups is 1. The zero-order valence-corrected chi connectivity index (χ0v) is 15.5. The van der Waals surface area contributed by atoms with Crippen LogP contribution in [0.2, 0.25) is 0 Å². The minimum absolute atomic E-state index is 0.0668. The Morgan fingerprint density at radius 2 is 1.58 bits per heavy atom. The van der Waals surface area contributed by atoms with E-state index >= 15 is 0 Å². The lowest BCUT2D eigenvalue weighted by Crippen LogP contribution is -2.56. The lowest BCUT2D eigenvalue weighted by Gasteiger charge is -2.33. The van der Waals surface area contributed by atoms with Gasteiger partial charge in [0, 0.05) is 6.42 Å². The third kappa shape index (κ3) is 8.25. The van der Waals surface area contributed by atoms with E-state index < -0.39 is 12.2 Å². The van der Waals surface area contributed by atoms with Crippen molar-refractivity contribution in [2.24, 2.45) is 4.99 Å². The van der Waals surface area contributed by atoms with Crippen LogP contribution in [0, 0.1) is 0 Å². The second-order valence-corrected chi connectivity index (χ2v) is 7.20. The van der Waals surface area contributed by atoms with E-state index in [0.29, 0.717) is 19.5 Å². The molecule has 0 saturated heterocycles. The standard InChI is InChI=1S/C19H36N2O3/c1-2-3-4-5-6-7-8-9-10-11-12-13-18(22)21(16-19(23)24)15-14-20-17-21/h17-18,22H,2-16H2,1H3/p+1. The smallest absolute Gasteiger partial charge is 0.359 e. The van der Waals surface area contributed by atoms with Gasteiger partial charge in [0.25, 0.3) is 0 Å². The number of carboxylic acids is 1. The number of aliphatic hydroxyl groups excluding tert-OH is 1. The molecular weight excluding hydrogens is 304 g/mol. The van der Waals surface area contributed by atoms with E-state index in [0.717, 1.165) is 12.8 Å². The second kappa shape index (κ2) is 12.4.